The van der Waals surface area contributed by atoms with Crippen LogP contribution in [0.15, 0.2) is 36.4 Å². The van der Waals surface area contributed by atoms with Gasteiger partial charge >= 0.3 is 0 Å². The molecule has 7 heteroatoms. The van der Waals surface area contributed by atoms with Gasteiger partial charge in [-0.05, 0) is 18.2 Å². The van der Waals surface area contributed by atoms with E-state index in [0.29, 0.717) is 11.8 Å². The molecule has 0 aliphatic carbocycles. The molecule has 2 aromatic rings. The predicted molar refractivity (Wildman–Crippen MR) is 75.3 cm³/mol. The third-order valence-electron chi connectivity index (χ3n) is 2.80. The molecule has 2 rings (SSSR count). The summed E-state index contributed by atoms with van der Waals surface area (Å²) in [4.78, 5) is 11.0. The van der Waals surface area contributed by atoms with Gasteiger partial charge in [-0.2, -0.15) is 0 Å². The number of nitrogens with one attached hydrogen (secondary N) is 1. The highest BCUT2D eigenvalue weighted by Gasteiger charge is 2.13. The van der Waals surface area contributed by atoms with Crippen LogP contribution >= 0.6 is 0 Å². The summed E-state index contributed by atoms with van der Waals surface area (Å²) < 4.78 is 45.0. The zero-order valence-electron chi connectivity index (χ0n) is 11.4. The lowest BCUT2D eigenvalue weighted by molar-refractivity contribution is 0.0996. The van der Waals surface area contributed by atoms with Crippen LogP contribution in [0.25, 0.3) is 0 Å². The monoisotopic (exact) mass is 310 g/mol. The number of hydrogen-bond donors (Lipinski definition) is 2. The average Bonchev–Trinajstić information content (AvgIpc) is 2.45. The number of anilines is 1. The second-order valence-corrected chi connectivity index (χ2v) is 4.41. The Labute approximate surface area is 124 Å². The number of primary amides is 1. The van der Waals surface area contributed by atoms with Gasteiger partial charge in [0.25, 0.3) is 5.91 Å². The van der Waals surface area contributed by atoms with Crippen LogP contribution in [-0.4, -0.2) is 19.1 Å². The minimum absolute atomic E-state index is 0.0713. The predicted octanol–water partition coefficient (Wildman–Crippen LogP) is 2.69. The Morgan fingerprint density at radius 1 is 1.14 bits per heavy atom. The number of ether oxygens (including phenoxy) is 1. The van der Waals surface area contributed by atoms with E-state index in [1.807, 2.05) is 0 Å². The molecular weight excluding hydrogens is 297 g/mol. The fourth-order valence-electron chi connectivity index (χ4n) is 1.78. The fourth-order valence-corrected chi connectivity index (χ4v) is 1.78. The number of hydrogen-bond acceptors (Lipinski definition) is 3. The summed E-state index contributed by atoms with van der Waals surface area (Å²) in [6, 6.07) is 7.14. The highest BCUT2D eigenvalue weighted by molar-refractivity contribution is 5.94. The maximum Gasteiger partial charge on any atom is 0.251 e. The number of halogens is 3. The van der Waals surface area contributed by atoms with E-state index < -0.39 is 28.9 Å². The molecule has 4 nitrogen and oxygen atoms in total. The minimum atomic E-state index is -1.02. The molecule has 0 radical (unpaired) electrons. The highest BCUT2D eigenvalue weighted by Crippen LogP contribution is 2.19. The summed E-state index contributed by atoms with van der Waals surface area (Å²) >= 11 is 0. The van der Waals surface area contributed by atoms with E-state index in [9.17, 15) is 18.0 Å². The standard InChI is InChI=1S/C15H13F3N2O2/c16-9-2-1-3-10(6-9)22-5-4-20-14-7-11(15(19)21)12(17)8-13(14)18/h1-3,6-8,20H,4-5H2,(H2,19,21). The van der Waals surface area contributed by atoms with Crippen molar-refractivity contribution in [2.45, 2.75) is 0 Å². The Hall–Kier alpha value is -2.70. The smallest absolute Gasteiger partial charge is 0.251 e. The van der Waals surface area contributed by atoms with Crippen LogP contribution in [0.3, 0.4) is 0 Å². The Bertz CT molecular complexity index is 692. The first-order valence-corrected chi connectivity index (χ1v) is 6.38. The topological polar surface area (TPSA) is 64.4 Å². The Morgan fingerprint density at radius 3 is 2.59 bits per heavy atom. The van der Waals surface area contributed by atoms with Gasteiger partial charge in [-0.15, -0.1) is 0 Å². The second kappa shape index (κ2) is 6.84. The average molecular weight is 310 g/mol. The molecule has 0 unspecified atom stereocenters. The molecular formula is C15H13F3N2O2. The number of nitrogens with two attached hydrogens (primary N) is 1. The molecule has 2 aromatic carbocycles. The first kappa shape index (κ1) is 15.7. The Balaban J connectivity index is 1.94. The van der Waals surface area contributed by atoms with Gasteiger partial charge in [-0.3, -0.25) is 4.79 Å². The van der Waals surface area contributed by atoms with Crippen LogP contribution in [0.5, 0.6) is 5.75 Å². The lowest BCUT2D eigenvalue weighted by Crippen LogP contribution is -2.16. The zero-order valence-corrected chi connectivity index (χ0v) is 11.4. The lowest BCUT2D eigenvalue weighted by atomic mass is 10.1. The van der Waals surface area contributed by atoms with Crippen LogP contribution < -0.4 is 15.8 Å². The highest BCUT2D eigenvalue weighted by atomic mass is 19.1. The van der Waals surface area contributed by atoms with E-state index in [-0.39, 0.29) is 18.8 Å². The number of benzene rings is 2. The van der Waals surface area contributed by atoms with Crippen molar-refractivity contribution in [3.63, 3.8) is 0 Å². The van der Waals surface area contributed by atoms with E-state index in [1.54, 1.807) is 6.07 Å². The van der Waals surface area contributed by atoms with Crippen molar-refractivity contribution in [1.82, 2.24) is 0 Å². The van der Waals surface area contributed by atoms with Crippen molar-refractivity contribution in [1.29, 1.82) is 0 Å². The van der Waals surface area contributed by atoms with Gasteiger partial charge < -0.3 is 15.8 Å². The number of rotatable bonds is 6. The summed E-state index contributed by atoms with van der Waals surface area (Å²) in [5.41, 5.74) is 4.51. The van der Waals surface area contributed by atoms with Gasteiger partial charge in [-0.25, -0.2) is 13.2 Å². The van der Waals surface area contributed by atoms with Crippen LogP contribution in [0, 0.1) is 17.5 Å². The first-order valence-electron chi connectivity index (χ1n) is 6.38. The maximum atomic E-state index is 13.6. The van der Waals surface area contributed by atoms with Crippen LogP contribution in [0.1, 0.15) is 10.4 Å². The maximum absolute atomic E-state index is 13.6. The van der Waals surface area contributed by atoms with Crippen molar-refractivity contribution in [3.05, 3.63) is 59.4 Å². The molecule has 0 spiro atoms. The summed E-state index contributed by atoms with van der Waals surface area (Å²) in [7, 11) is 0. The minimum Gasteiger partial charge on any atom is -0.492 e. The summed E-state index contributed by atoms with van der Waals surface area (Å²) in [5, 5.41) is 2.65. The number of carbonyl (C=O) groups is 1. The van der Waals surface area contributed by atoms with Gasteiger partial charge in [0.1, 0.15) is 29.8 Å². The molecule has 0 heterocycles. The van der Waals surface area contributed by atoms with E-state index in [4.69, 9.17) is 10.5 Å². The van der Waals surface area contributed by atoms with E-state index in [1.165, 1.54) is 18.2 Å². The normalized spacial score (nSPS) is 10.3. The molecule has 0 aliphatic rings. The SMILES string of the molecule is NC(=O)c1cc(NCCOc2cccc(F)c2)c(F)cc1F. The fraction of sp³-hybridized carbons (Fsp3) is 0.133. The lowest BCUT2D eigenvalue weighted by Gasteiger charge is -2.10. The van der Waals surface area contributed by atoms with Crippen LogP contribution in [-0.2, 0) is 0 Å². The summed E-state index contributed by atoms with van der Waals surface area (Å²) in [6.45, 7) is 0.281. The summed E-state index contributed by atoms with van der Waals surface area (Å²) in [6.07, 6.45) is 0. The van der Waals surface area contributed by atoms with Crippen molar-refractivity contribution in [2.75, 3.05) is 18.5 Å². The molecule has 0 aromatic heterocycles. The van der Waals surface area contributed by atoms with E-state index in [2.05, 4.69) is 5.32 Å². The largest absolute Gasteiger partial charge is 0.492 e. The molecule has 0 fully saturated rings. The first-order chi connectivity index (χ1) is 10.5. The van der Waals surface area contributed by atoms with Gasteiger partial charge in [0.15, 0.2) is 0 Å². The van der Waals surface area contributed by atoms with Crippen molar-refractivity contribution < 1.29 is 22.7 Å². The molecule has 0 saturated carbocycles. The Morgan fingerprint density at radius 2 is 1.91 bits per heavy atom. The third-order valence-corrected chi connectivity index (χ3v) is 2.80. The van der Waals surface area contributed by atoms with E-state index >= 15 is 0 Å². The molecule has 22 heavy (non-hydrogen) atoms. The number of amides is 1. The third kappa shape index (κ3) is 3.91. The molecule has 0 bridgehead atoms. The van der Waals surface area contributed by atoms with Crippen molar-refractivity contribution in [3.8, 4) is 5.75 Å². The van der Waals surface area contributed by atoms with Gasteiger partial charge in [0.2, 0.25) is 0 Å². The molecule has 3 N–H and O–H groups in total. The van der Waals surface area contributed by atoms with Crippen LogP contribution in [0.4, 0.5) is 18.9 Å². The summed E-state index contributed by atoms with van der Waals surface area (Å²) in [5.74, 6) is -2.96. The second-order valence-electron chi connectivity index (χ2n) is 4.41. The quantitative estimate of drug-likeness (QED) is 0.806. The molecule has 0 saturated heterocycles. The molecule has 1 amide bonds. The van der Waals surface area contributed by atoms with E-state index in [0.717, 1.165) is 6.07 Å². The van der Waals surface area contributed by atoms with Gasteiger partial charge in [-0.1, -0.05) is 6.07 Å². The zero-order chi connectivity index (χ0) is 16.1. The molecule has 116 valence electrons. The van der Waals surface area contributed by atoms with Gasteiger partial charge in [0.05, 0.1) is 11.3 Å². The Kier molecular flexibility index (Phi) is 4.88. The van der Waals surface area contributed by atoms with Crippen molar-refractivity contribution >= 4 is 11.6 Å². The van der Waals surface area contributed by atoms with Gasteiger partial charge in [0, 0.05) is 18.7 Å². The van der Waals surface area contributed by atoms with Crippen LogP contribution in [0.2, 0.25) is 0 Å². The van der Waals surface area contributed by atoms with Crippen molar-refractivity contribution in [2.24, 2.45) is 5.73 Å². The molecule has 0 aliphatic heterocycles. The number of carbonyl (C=O) groups excluding carboxylic acids is 1. The molecule has 0 atom stereocenters.